The van der Waals surface area contributed by atoms with Crippen LogP contribution in [0.4, 0.5) is 0 Å². The van der Waals surface area contributed by atoms with Crippen LogP contribution in [0.25, 0.3) is 0 Å². The Morgan fingerprint density at radius 1 is 1.32 bits per heavy atom. The van der Waals surface area contributed by atoms with Crippen molar-refractivity contribution in [2.24, 2.45) is 11.7 Å². The molecule has 0 bridgehead atoms. The molecule has 1 saturated carbocycles. The second-order valence-corrected chi connectivity index (χ2v) is 5.51. The average molecular weight is 274 g/mol. The second-order valence-electron chi connectivity index (χ2n) is 5.51. The third-order valence-electron chi connectivity index (χ3n) is 3.98. The molecule has 0 aromatic carbocycles. The lowest BCUT2D eigenvalue weighted by Crippen LogP contribution is -2.46. The van der Waals surface area contributed by atoms with Crippen molar-refractivity contribution in [2.75, 3.05) is 47.1 Å². The molecule has 3 N–H and O–H groups in total. The molecule has 0 heterocycles. The number of nitrogens with two attached hydrogens (primary N) is 1. The molecule has 0 aliphatic heterocycles. The standard InChI is InChI=1S/C14H30N2O3/c1-16(10-13(17)11-19-8-7-18-2)14-6-4-3-5-12(14)9-15/h12-14,17H,3-11,15H2,1-2H3. The number of ether oxygens (including phenoxy) is 2. The van der Waals surface area contributed by atoms with Crippen LogP contribution in [0.1, 0.15) is 25.7 Å². The van der Waals surface area contributed by atoms with E-state index in [9.17, 15) is 5.11 Å². The molecule has 1 rings (SSSR count). The van der Waals surface area contributed by atoms with Gasteiger partial charge in [0.25, 0.3) is 0 Å². The zero-order valence-electron chi connectivity index (χ0n) is 12.4. The molecule has 0 aromatic rings. The van der Waals surface area contributed by atoms with Gasteiger partial charge >= 0.3 is 0 Å². The quantitative estimate of drug-likeness (QED) is 0.598. The maximum atomic E-state index is 9.97. The highest BCUT2D eigenvalue weighted by molar-refractivity contribution is 4.83. The highest BCUT2D eigenvalue weighted by Gasteiger charge is 2.28. The van der Waals surface area contributed by atoms with Gasteiger partial charge in [-0.3, -0.25) is 0 Å². The van der Waals surface area contributed by atoms with Crippen LogP contribution in [-0.4, -0.2) is 69.2 Å². The minimum Gasteiger partial charge on any atom is -0.389 e. The van der Waals surface area contributed by atoms with E-state index in [0.717, 1.165) is 6.54 Å². The van der Waals surface area contributed by atoms with Gasteiger partial charge in [-0.05, 0) is 32.4 Å². The molecule has 1 aliphatic carbocycles. The topological polar surface area (TPSA) is 68.0 Å². The summed E-state index contributed by atoms with van der Waals surface area (Å²) in [5.41, 5.74) is 5.85. The van der Waals surface area contributed by atoms with Crippen LogP contribution in [-0.2, 0) is 9.47 Å². The summed E-state index contributed by atoms with van der Waals surface area (Å²) in [5, 5.41) is 9.97. The van der Waals surface area contributed by atoms with Crippen LogP contribution in [0, 0.1) is 5.92 Å². The monoisotopic (exact) mass is 274 g/mol. The van der Waals surface area contributed by atoms with Crippen molar-refractivity contribution < 1.29 is 14.6 Å². The Labute approximate surface area is 117 Å². The van der Waals surface area contributed by atoms with E-state index < -0.39 is 6.10 Å². The minimum absolute atomic E-state index is 0.369. The first-order valence-electron chi connectivity index (χ1n) is 7.34. The van der Waals surface area contributed by atoms with E-state index in [4.69, 9.17) is 15.2 Å². The van der Waals surface area contributed by atoms with Crippen molar-refractivity contribution in [1.82, 2.24) is 4.90 Å². The van der Waals surface area contributed by atoms with Gasteiger partial charge in [-0.1, -0.05) is 12.8 Å². The summed E-state index contributed by atoms with van der Waals surface area (Å²) in [6.45, 7) is 2.86. The normalized spacial score (nSPS) is 25.7. The van der Waals surface area contributed by atoms with Crippen LogP contribution >= 0.6 is 0 Å². The zero-order valence-corrected chi connectivity index (χ0v) is 12.4. The fraction of sp³-hybridized carbons (Fsp3) is 1.00. The van der Waals surface area contributed by atoms with Gasteiger partial charge in [-0.15, -0.1) is 0 Å². The lowest BCUT2D eigenvalue weighted by Gasteiger charge is -2.38. The van der Waals surface area contributed by atoms with E-state index in [1.807, 2.05) is 0 Å². The Balaban J connectivity index is 2.25. The second kappa shape index (κ2) is 9.66. The Hall–Kier alpha value is -0.200. The van der Waals surface area contributed by atoms with Gasteiger partial charge in [0.15, 0.2) is 0 Å². The number of nitrogens with zero attached hydrogens (tertiary/aromatic N) is 1. The number of methoxy groups -OCH3 is 1. The van der Waals surface area contributed by atoms with Gasteiger partial charge in [0.1, 0.15) is 0 Å². The molecule has 19 heavy (non-hydrogen) atoms. The summed E-state index contributed by atoms with van der Waals surface area (Å²) >= 11 is 0. The Kier molecular flexibility index (Phi) is 8.57. The molecule has 3 unspecified atom stereocenters. The lowest BCUT2D eigenvalue weighted by atomic mass is 9.83. The Morgan fingerprint density at radius 2 is 2.05 bits per heavy atom. The molecule has 0 aromatic heterocycles. The highest BCUT2D eigenvalue weighted by atomic mass is 16.5. The van der Waals surface area contributed by atoms with Gasteiger partial charge in [0, 0.05) is 19.7 Å². The van der Waals surface area contributed by atoms with E-state index >= 15 is 0 Å². The first-order valence-corrected chi connectivity index (χ1v) is 7.34. The predicted molar refractivity (Wildman–Crippen MR) is 76.1 cm³/mol. The maximum absolute atomic E-state index is 9.97. The number of aliphatic hydroxyl groups is 1. The van der Waals surface area contributed by atoms with Gasteiger partial charge in [0.2, 0.25) is 0 Å². The molecule has 5 nitrogen and oxygen atoms in total. The number of rotatable bonds is 9. The van der Waals surface area contributed by atoms with Gasteiger partial charge in [-0.25, -0.2) is 0 Å². The van der Waals surface area contributed by atoms with Crippen molar-refractivity contribution in [1.29, 1.82) is 0 Å². The molecule has 0 amide bonds. The first kappa shape index (κ1) is 16.9. The summed E-state index contributed by atoms with van der Waals surface area (Å²) in [7, 11) is 3.72. The fourth-order valence-corrected chi connectivity index (χ4v) is 2.93. The third-order valence-corrected chi connectivity index (χ3v) is 3.98. The van der Waals surface area contributed by atoms with Crippen LogP contribution in [0.5, 0.6) is 0 Å². The van der Waals surface area contributed by atoms with E-state index in [-0.39, 0.29) is 0 Å². The number of hydrogen-bond acceptors (Lipinski definition) is 5. The molecule has 0 saturated heterocycles. The Morgan fingerprint density at radius 3 is 2.74 bits per heavy atom. The maximum Gasteiger partial charge on any atom is 0.0900 e. The fourth-order valence-electron chi connectivity index (χ4n) is 2.93. The van der Waals surface area contributed by atoms with E-state index in [2.05, 4.69) is 11.9 Å². The average Bonchev–Trinajstić information content (AvgIpc) is 2.43. The molecule has 0 spiro atoms. The molecule has 114 valence electrons. The Bertz CT molecular complexity index is 229. The van der Waals surface area contributed by atoms with E-state index in [1.165, 1.54) is 25.7 Å². The molecule has 1 fully saturated rings. The van der Waals surface area contributed by atoms with Crippen molar-refractivity contribution in [3.05, 3.63) is 0 Å². The summed E-state index contributed by atoms with van der Waals surface area (Å²) in [5.74, 6) is 0.570. The molecular weight excluding hydrogens is 244 g/mol. The van der Waals surface area contributed by atoms with Crippen LogP contribution in [0.3, 0.4) is 0 Å². The van der Waals surface area contributed by atoms with Crippen molar-refractivity contribution >= 4 is 0 Å². The smallest absolute Gasteiger partial charge is 0.0900 e. The summed E-state index contributed by atoms with van der Waals surface area (Å²) in [4.78, 5) is 2.25. The summed E-state index contributed by atoms with van der Waals surface area (Å²) < 4.78 is 10.2. The summed E-state index contributed by atoms with van der Waals surface area (Å²) in [6, 6.07) is 0.507. The zero-order chi connectivity index (χ0) is 14.1. The van der Waals surface area contributed by atoms with Crippen LogP contribution in [0.15, 0.2) is 0 Å². The third kappa shape index (κ3) is 6.19. The minimum atomic E-state index is -0.442. The van der Waals surface area contributed by atoms with Crippen molar-refractivity contribution in [3.8, 4) is 0 Å². The van der Waals surface area contributed by atoms with Gasteiger partial charge in [0.05, 0.1) is 25.9 Å². The van der Waals surface area contributed by atoms with Crippen LogP contribution < -0.4 is 5.73 Å². The van der Waals surface area contributed by atoms with Crippen molar-refractivity contribution in [2.45, 2.75) is 37.8 Å². The number of aliphatic hydroxyl groups excluding tert-OH is 1. The van der Waals surface area contributed by atoms with E-state index in [1.54, 1.807) is 7.11 Å². The van der Waals surface area contributed by atoms with Crippen LogP contribution in [0.2, 0.25) is 0 Å². The highest BCUT2D eigenvalue weighted by Crippen LogP contribution is 2.27. The predicted octanol–water partition coefficient (Wildman–Crippen LogP) is 0.460. The van der Waals surface area contributed by atoms with E-state index in [0.29, 0.717) is 38.3 Å². The number of hydrogen-bond donors (Lipinski definition) is 2. The number of likely N-dealkylation sites (N-methyl/N-ethyl adjacent to an activating group) is 1. The lowest BCUT2D eigenvalue weighted by molar-refractivity contribution is -0.00864. The van der Waals surface area contributed by atoms with Gasteiger partial charge in [-0.2, -0.15) is 0 Å². The molecule has 3 atom stereocenters. The van der Waals surface area contributed by atoms with Gasteiger partial charge < -0.3 is 25.2 Å². The molecular formula is C14H30N2O3. The molecule has 5 heteroatoms. The molecule has 0 radical (unpaired) electrons. The summed E-state index contributed by atoms with van der Waals surface area (Å²) in [6.07, 6.45) is 4.52. The SMILES string of the molecule is COCCOCC(O)CN(C)C1CCCCC1CN. The largest absolute Gasteiger partial charge is 0.389 e. The van der Waals surface area contributed by atoms with Crippen molar-refractivity contribution in [3.63, 3.8) is 0 Å². The first-order chi connectivity index (χ1) is 9.19. The molecule has 1 aliphatic rings.